The molecule has 1 aliphatic heterocycles. The van der Waals surface area contributed by atoms with Gasteiger partial charge in [0, 0.05) is 36.3 Å². The van der Waals surface area contributed by atoms with Crippen LogP contribution < -0.4 is 5.32 Å². The maximum absolute atomic E-state index is 11.6. The number of carbonyl (C=O) groups excluding carboxylic acids is 1. The first-order chi connectivity index (χ1) is 14.8. The van der Waals surface area contributed by atoms with Crippen LogP contribution in [0.1, 0.15) is 56.7 Å². The first-order valence-electron chi connectivity index (χ1n) is 11.8. The van der Waals surface area contributed by atoms with Crippen LogP contribution in [-0.4, -0.2) is 29.4 Å². The fourth-order valence-electron chi connectivity index (χ4n) is 6.86. The largest absolute Gasteiger partial charge is 0.326 e. The molecule has 1 N–H and O–H groups in total. The van der Waals surface area contributed by atoms with Crippen LogP contribution in [0.15, 0.2) is 42.5 Å². The molecule has 31 heavy (non-hydrogen) atoms. The van der Waals surface area contributed by atoms with E-state index in [1.54, 1.807) is 6.92 Å². The van der Waals surface area contributed by atoms with Crippen molar-refractivity contribution in [1.29, 1.82) is 0 Å². The number of benzene rings is 2. The normalized spacial score (nSPS) is 31.7. The fraction of sp³-hybridized carbons (Fsp3) is 0.519. The Hall–Kier alpha value is -1.84. The molecule has 0 spiro atoms. The highest BCUT2D eigenvalue weighted by molar-refractivity contribution is 6.30. The second-order valence-electron chi connectivity index (χ2n) is 10.2. The van der Waals surface area contributed by atoms with Crippen molar-refractivity contribution in [3.63, 3.8) is 0 Å². The van der Waals surface area contributed by atoms with E-state index in [1.807, 2.05) is 12.1 Å². The zero-order valence-electron chi connectivity index (χ0n) is 18.8. The SMILES string of the molecule is CC(=O)Nc1ccc2c(c1)[C@@]1(C)CCC3CC1C(C2)N(CCc1ccc(Cl)cc1)C3C. The Balaban J connectivity index is 1.45. The summed E-state index contributed by atoms with van der Waals surface area (Å²) in [4.78, 5) is 14.4. The molecular weight excluding hydrogens is 404 g/mol. The maximum Gasteiger partial charge on any atom is 0.221 e. The molecule has 4 unspecified atom stereocenters. The van der Waals surface area contributed by atoms with Gasteiger partial charge in [-0.05, 0) is 97.2 Å². The van der Waals surface area contributed by atoms with Crippen molar-refractivity contribution in [1.82, 2.24) is 4.90 Å². The number of rotatable bonds is 4. The van der Waals surface area contributed by atoms with E-state index >= 15 is 0 Å². The van der Waals surface area contributed by atoms with Gasteiger partial charge in [0.1, 0.15) is 0 Å². The lowest BCUT2D eigenvalue weighted by Crippen LogP contribution is -2.63. The predicted molar refractivity (Wildman–Crippen MR) is 128 cm³/mol. The van der Waals surface area contributed by atoms with Crippen LogP contribution in [0.4, 0.5) is 5.69 Å². The number of halogens is 1. The van der Waals surface area contributed by atoms with Gasteiger partial charge in [0.25, 0.3) is 0 Å². The van der Waals surface area contributed by atoms with Crippen LogP contribution in [0.5, 0.6) is 0 Å². The summed E-state index contributed by atoms with van der Waals surface area (Å²) >= 11 is 6.09. The average molecular weight is 437 g/mol. The Morgan fingerprint density at radius 3 is 2.74 bits per heavy atom. The lowest BCUT2D eigenvalue weighted by atomic mass is 9.52. The Morgan fingerprint density at radius 2 is 2.00 bits per heavy atom. The standard InChI is InChI=1S/C27H33ClN2O/c1-17-20-10-12-27(3)24-16-23(29-18(2)31)9-6-21(24)15-26(25(27)14-20)30(17)13-11-19-4-7-22(28)8-5-19/h4-9,16-17,20,25-26H,10-15H2,1-3H3,(H,29,31)/t17?,20?,25?,26?,27-/m1/s1. The van der Waals surface area contributed by atoms with E-state index in [0.717, 1.165) is 36.0 Å². The summed E-state index contributed by atoms with van der Waals surface area (Å²) in [6, 6.07) is 16.2. The van der Waals surface area contributed by atoms with Crippen molar-refractivity contribution >= 4 is 23.2 Å². The molecule has 5 atom stereocenters. The Labute approximate surface area is 191 Å². The van der Waals surface area contributed by atoms with E-state index in [1.165, 1.54) is 36.0 Å². The van der Waals surface area contributed by atoms with Crippen molar-refractivity contribution in [3.8, 4) is 0 Å². The summed E-state index contributed by atoms with van der Waals surface area (Å²) in [7, 11) is 0. The number of likely N-dealkylation sites (tertiary alicyclic amines) is 1. The minimum absolute atomic E-state index is 0.00219. The topological polar surface area (TPSA) is 32.3 Å². The molecule has 1 saturated carbocycles. The highest BCUT2D eigenvalue weighted by atomic mass is 35.5. The van der Waals surface area contributed by atoms with Crippen molar-refractivity contribution in [3.05, 3.63) is 64.2 Å². The zero-order valence-corrected chi connectivity index (χ0v) is 19.6. The number of nitrogens with zero attached hydrogens (tertiary/aromatic N) is 1. The van der Waals surface area contributed by atoms with Crippen LogP contribution in [0, 0.1) is 11.8 Å². The molecule has 2 aromatic carbocycles. The fourth-order valence-corrected chi connectivity index (χ4v) is 6.99. The second-order valence-corrected chi connectivity index (χ2v) is 10.7. The van der Waals surface area contributed by atoms with E-state index in [2.05, 4.69) is 54.4 Å². The Morgan fingerprint density at radius 1 is 1.23 bits per heavy atom. The van der Waals surface area contributed by atoms with Gasteiger partial charge in [-0.3, -0.25) is 9.69 Å². The monoisotopic (exact) mass is 436 g/mol. The molecule has 3 nitrogen and oxygen atoms in total. The smallest absolute Gasteiger partial charge is 0.221 e. The molecule has 164 valence electrons. The number of nitrogens with one attached hydrogen (secondary N) is 1. The highest BCUT2D eigenvalue weighted by Crippen LogP contribution is 2.56. The molecule has 4 heteroatoms. The van der Waals surface area contributed by atoms with Crippen molar-refractivity contribution < 1.29 is 4.79 Å². The summed E-state index contributed by atoms with van der Waals surface area (Å²) in [5, 5.41) is 3.81. The van der Waals surface area contributed by atoms with E-state index in [-0.39, 0.29) is 11.3 Å². The Kier molecular flexibility index (Phi) is 5.38. The number of hydrogen-bond donors (Lipinski definition) is 1. The van der Waals surface area contributed by atoms with E-state index < -0.39 is 0 Å². The minimum atomic E-state index is 0.00219. The molecule has 5 rings (SSSR count). The van der Waals surface area contributed by atoms with Gasteiger partial charge in [-0.15, -0.1) is 0 Å². The van der Waals surface area contributed by atoms with Gasteiger partial charge in [0.05, 0.1) is 0 Å². The maximum atomic E-state index is 11.6. The van der Waals surface area contributed by atoms with Gasteiger partial charge in [0.15, 0.2) is 0 Å². The molecular formula is C27H33ClN2O. The molecule has 0 aromatic heterocycles. The summed E-state index contributed by atoms with van der Waals surface area (Å²) in [6.45, 7) is 7.64. The van der Waals surface area contributed by atoms with Crippen molar-refractivity contribution in [2.24, 2.45) is 11.8 Å². The van der Waals surface area contributed by atoms with Gasteiger partial charge in [0.2, 0.25) is 5.91 Å². The van der Waals surface area contributed by atoms with Gasteiger partial charge in [-0.1, -0.05) is 36.7 Å². The van der Waals surface area contributed by atoms with E-state index in [4.69, 9.17) is 11.6 Å². The Bertz CT molecular complexity index is 987. The van der Waals surface area contributed by atoms with Crippen LogP contribution >= 0.6 is 11.6 Å². The first-order valence-corrected chi connectivity index (χ1v) is 12.1. The molecule has 3 aliphatic rings. The molecule has 1 saturated heterocycles. The molecule has 1 heterocycles. The quantitative estimate of drug-likeness (QED) is 0.652. The molecule has 2 aromatic rings. The lowest BCUT2D eigenvalue weighted by Gasteiger charge is -2.61. The second kappa shape index (κ2) is 7.94. The number of fused-ring (bicyclic) bond motifs is 3. The van der Waals surface area contributed by atoms with Crippen LogP contribution in [0.25, 0.3) is 0 Å². The molecule has 0 radical (unpaired) electrons. The summed E-state index contributed by atoms with van der Waals surface area (Å²) in [5.74, 6) is 1.48. The van der Waals surface area contributed by atoms with E-state index in [0.29, 0.717) is 18.0 Å². The number of carbonyl (C=O) groups is 1. The predicted octanol–water partition coefficient (Wildman–Crippen LogP) is 5.84. The van der Waals surface area contributed by atoms with Gasteiger partial charge in [-0.25, -0.2) is 0 Å². The number of anilines is 1. The summed E-state index contributed by atoms with van der Waals surface area (Å²) in [6.07, 6.45) is 6.08. The van der Waals surface area contributed by atoms with Crippen molar-refractivity contribution in [2.75, 3.05) is 11.9 Å². The van der Waals surface area contributed by atoms with Gasteiger partial charge in [-0.2, -0.15) is 0 Å². The van der Waals surface area contributed by atoms with Gasteiger partial charge < -0.3 is 5.32 Å². The number of hydrogen-bond acceptors (Lipinski definition) is 2. The third-order valence-corrected chi connectivity index (χ3v) is 8.80. The molecule has 2 fully saturated rings. The van der Waals surface area contributed by atoms with Crippen molar-refractivity contribution in [2.45, 2.75) is 70.4 Å². The molecule has 2 bridgehead atoms. The third-order valence-electron chi connectivity index (χ3n) is 8.55. The van der Waals surface area contributed by atoms with Crippen LogP contribution in [-0.2, 0) is 23.1 Å². The van der Waals surface area contributed by atoms with Gasteiger partial charge >= 0.3 is 0 Å². The minimum Gasteiger partial charge on any atom is -0.326 e. The third kappa shape index (κ3) is 3.70. The van der Waals surface area contributed by atoms with Crippen LogP contribution in [0.3, 0.4) is 0 Å². The number of amides is 1. The zero-order chi connectivity index (χ0) is 21.8. The average Bonchev–Trinajstić information content (AvgIpc) is 2.74. The summed E-state index contributed by atoms with van der Waals surface area (Å²) in [5.41, 5.74) is 5.46. The highest BCUT2D eigenvalue weighted by Gasteiger charge is 2.54. The summed E-state index contributed by atoms with van der Waals surface area (Å²) < 4.78 is 0. The lowest BCUT2D eigenvalue weighted by molar-refractivity contribution is -0.114. The molecule has 2 aliphatic carbocycles. The van der Waals surface area contributed by atoms with E-state index in [9.17, 15) is 4.79 Å². The number of piperidine rings is 1. The first kappa shape index (κ1) is 21.0. The van der Waals surface area contributed by atoms with Crippen LogP contribution in [0.2, 0.25) is 5.02 Å². The molecule has 1 amide bonds.